The van der Waals surface area contributed by atoms with Crippen molar-refractivity contribution in [3.05, 3.63) is 99.8 Å². The number of amidine groups is 1. The van der Waals surface area contributed by atoms with Crippen LogP contribution >= 0.6 is 0 Å². The van der Waals surface area contributed by atoms with E-state index in [9.17, 15) is 44.7 Å². The molecular formula is C39H35N5O13. The number of aliphatic hydroxyl groups excluding tert-OH is 5. The molecule has 1 fully saturated rings. The van der Waals surface area contributed by atoms with Crippen LogP contribution in [0, 0.1) is 0 Å². The minimum absolute atomic E-state index is 0.00894. The molecular weight excluding hydrogens is 746 g/mol. The van der Waals surface area contributed by atoms with Gasteiger partial charge in [0.05, 0.1) is 24.5 Å². The van der Waals surface area contributed by atoms with Crippen LogP contribution < -0.4 is 20.1 Å². The molecule has 3 aromatic rings. The Balaban J connectivity index is 1.38. The molecule has 1 saturated heterocycles. The second-order valence-corrected chi connectivity index (χ2v) is 13.7. The Kier molecular flexibility index (Phi) is 9.98. The van der Waals surface area contributed by atoms with Crippen LogP contribution in [-0.2, 0) is 25.7 Å². The number of hydrogen-bond acceptors (Lipinski definition) is 17. The smallest absolute Gasteiger partial charge is 0.302 e. The molecule has 0 aromatic heterocycles. The van der Waals surface area contributed by atoms with Crippen molar-refractivity contribution in [1.82, 2.24) is 0 Å². The first-order valence-electron chi connectivity index (χ1n) is 17.8. The van der Waals surface area contributed by atoms with Gasteiger partial charge in [-0.2, -0.15) is 9.98 Å². The maximum atomic E-state index is 14.5. The lowest BCUT2D eigenvalue weighted by Crippen LogP contribution is -2.60. The summed E-state index contributed by atoms with van der Waals surface area (Å²) in [7, 11) is 0. The minimum Gasteiger partial charge on any atom is -0.499 e. The number of nitrogens with two attached hydrogens (primary N) is 1. The molecule has 0 spiro atoms. The zero-order valence-electron chi connectivity index (χ0n) is 29.8. The number of carbonyl (C=O) groups is 4. The van der Waals surface area contributed by atoms with Gasteiger partial charge in [0.15, 0.2) is 34.6 Å². The van der Waals surface area contributed by atoms with Crippen LogP contribution in [0.4, 0.5) is 5.69 Å². The summed E-state index contributed by atoms with van der Waals surface area (Å²) in [6, 6.07) is 12.6. The Morgan fingerprint density at radius 1 is 0.965 bits per heavy atom. The van der Waals surface area contributed by atoms with Gasteiger partial charge in [-0.05, 0) is 41.5 Å². The number of aliphatic imine (C=N–C) groups is 3. The van der Waals surface area contributed by atoms with Crippen LogP contribution in [0.15, 0.2) is 75.8 Å². The number of hydrogen-bond donors (Lipinski definition) is 6. The largest absolute Gasteiger partial charge is 0.499 e. The zero-order chi connectivity index (χ0) is 40.1. The molecule has 0 radical (unpaired) electrons. The van der Waals surface area contributed by atoms with Crippen LogP contribution in [0.5, 0.6) is 11.5 Å². The molecule has 294 valence electrons. The van der Waals surface area contributed by atoms with E-state index in [-0.39, 0.29) is 76.5 Å². The lowest BCUT2D eigenvalue weighted by molar-refractivity contribution is -0.277. The summed E-state index contributed by atoms with van der Waals surface area (Å²) in [6.07, 6.45) is -6.58. The number of anilines is 1. The lowest BCUT2D eigenvalue weighted by atomic mass is 9.79. The lowest BCUT2D eigenvalue weighted by Gasteiger charge is -2.40. The van der Waals surface area contributed by atoms with Crippen molar-refractivity contribution in [2.24, 2.45) is 20.7 Å². The summed E-state index contributed by atoms with van der Waals surface area (Å²) < 4.78 is 24.3. The predicted molar refractivity (Wildman–Crippen MR) is 197 cm³/mol. The zero-order valence-corrected chi connectivity index (χ0v) is 29.8. The van der Waals surface area contributed by atoms with E-state index in [1.165, 1.54) is 30.5 Å². The van der Waals surface area contributed by atoms with Gasteiger partial charge in [0, 0.05) is 40.3 Å². The third kappa shape index (κ3) is 6.57. The summed E-state index contributed by atoms with van der Waals surface area (Å²) in [5.41, 5.74) is 6.86. The normalized spacial score (nSPS) is 25.6. The molecule has 18 nitrogen and oxygen atoms in total. The molecule has 18 heteroatoms. The first-order chi connectivity index (χ1) is 27.5. The molecule has 5 aliphatic rings. The summed E-state index contributed by atoms with van der Waals surface area (Å²) in [6.45, 7) is -1.37. The third-order valence-corrected chi connectivity index (χ3v) is 10.2. The van der Waals surface area contributed by atoms with Crippen LogP contribution in [0.2, 0.25) is 0 Å². The van der Waals surface area contributed by atoms with E-state index in [0.717, 1.165) is 0 Å². The van der Waals surface area contributed by atoms with E-state index < -0.39 is 73.4 Å². The number of ketones is 2. The van der Waals surface area contributed by atoms with Crippen molar-refractivity contribution in [3.8, 4) is 11.5 Å². The summed E-state index contributed by atoms with van der Waals surface area (Å²) in [4.78, 5) is 67.0. The number of allylic oxidation sites excluding steroid dienone is 1. The number of amides is 1. The van der Waals surface area contributed by atoms with E-state index in [0.29, 0.717) is 23.1 Å². The summed E-state index contributed by atoms with van der Waals surface area (Å²) >= 11 is 0. The molecule has 7 unspecified atom stereocenters. The van der Waals surface area contributed by atoms with Gasteiger partial charge in [-0.25, -0.2) is 0 Å². The standard InChI is InChI=1S/C39H35N5O13/c40-39-42-36-28(37(53)43-39)41-16-44(36)25-4-2-1-3-20(25)19-8-10-54-15-26-31(50)32(51)33(52)38(56-26)57-34-23(19)12-24-27(35(34)55-14-18(47)7-9-45)30(49)22-11-17(13-46)5-6-21(22)29(24)48/h1-6,8-12,18-19,26,31-33,38,46-47,50-52H,7,13-16H2,(H2,40,43,53). The number of aliphatic hydroxyl groups is 5. The van der Waals surface area contributed by atoms with E-state index in [2.05, 4.69) is 15.0 Å². The number of guanidine groups is 1. The van der Waals surface area contributed by atoms with Gasteiger partial charge in [0.1, 0.15) is 50.6 Å². The highest BCUT2D eigenvalue weighted by Crippen LogP contribution is 2.49. The van der Waals surface area contributed by atoms with Gasteiger partial charge in [0.25, 0.3) is 0 Å². The highest BCUT2D eigenvalue weighted by Gasteiger charge is 2.47. The molecule has 7 atom stereocenters. The van der Waals surface area contributed by atoms with E-state index in [1.807, 2.05) is 0 Å². The van der Waals surface area contributed by atoms with Crippen LogP contribution in [0.3, 0.4) is 0 Å². The van der Waals surface area contributed by atoms with E-state index >= 15 is 0 Å². The molecule has 57 heavy (non-hydrogen) atoms. The number of para-hydroxylation sites is 1. The van der Waals surface area contributed by atoms with Crippen LogP contribution in [0.25, 0.3) is 0 Å². The van der Waals surface area contributed by atoms with Gasteiger partial charge in [-0.15, -0.1) is 0 Å². The van der Waals surface area contributed by atoms with Crippen molar-refractivity contribution in [3.63, 3.8) is 0 Å². The fourth-order valence-electron chi connectivity index (χ4n) is 7.36. The number of ether oxygens (including phenoxy) is 4. The van der Waals surface area contributed by atoms with Crippen molar-refractivity contribution < 1.29 is 63.7 Å². The highest BCUT2D eigenvalue weighted by atomic mass is 16.7. The number of nitrogens with zero attached hydrogens (tertiary/aromatic N) is 4. The topological polar surface area (TPSA) is 273 Å². The van der Waals surface area contributed by atoms with E-state index in [1.54, 1.807) is 35.2 Å². The molecule has 1 amide bonds. The SMILES string of the molecule is NC1=NC(=O)C2=NCN(c3ccccc3C3C=COCC4OC(Oc5c3cc3c(c5OCC(O)CC=O)C(=O)c5cc(CO)ccc5C3=O)C(O)C(O)C4O)C2=N1. The van der Waals surface area contributed by atoms with Crippen molar-refractivity contribution in [1.29, 1.82) is 0 Å². The molecule has 4 aliphatic heterocycles. The third-order valence-electron chi connectivity index (χ3n) is 10.2. The fraction of sp³-hybridized carbons (Fsp3) is 0.308. The van der Waals surface area contributed by atoms with Crippen molar-refractivity contribution in [2.45, 2.75) is 55.8 Å². The Bertz CT molecular complexity index is 2320. The van der Waals surface area contributed by atoms with Crippen molar-refractivity contribution >= 4 is 47.0 Å². The average molecular weight is 782 g/mol. The quantitative estimate of drug-likeness (QED) is 0.124. The van der Waals surface area contributed by atoms with Gasteiger partial charge in [-0.1, -0.05) is 24.3 Å². The van der Waals surface area contributed by atoms with E-state index in [4.69, 9.17) is 24.7 Å². The molecule has 8 rings (SSSR count). The maximum absolute atomic E-state index is 14.5. The second kappa shape index (κ2) is 15.1. The number of fused-ring (bicyclic) bond motifs is 6. The fourth-order valence-corrected chi connectivity index (χ4v) is 7.36. The maximum Gasteiger partial charge on any atom is 0.302 e. The average Bonchev–Trinajstić information content (AvgIpc) is 3.62. The van der Waals surface area contributed by atoms with Crippen LogP contribution in [-0.4, -0.2) is 123 Å². The number of rotatable bonds is 8. The highest BCUT2D eigenvalue weighted by molar-refractivity contribution is 6.72. The first-order valence-corrected chi connectivity index (χ1v) is 17.8. The van der Waals surface area contributed by atoms with Crippen LogP contribution in [0.1, 0.15) is 60.9 Å². The first kappa shape index (κ1) is 37.8. The molecule has 3 aromatic carbocycles. The van der Waals surface area contributed by atoms with Gasteiger partial charge in [0.2, 0.25) is 12.2 Å². The molecule has 0 saturated carbocycles. The monoisotopic (exact) mass is 781 g/mol. The van der Waals surface area contributed by atoms with Gasteiger partial charge < -0.3 is 59.9 Å². The van der Waals surface area contributed by atoms with Crippen molar-refractivity contribution in [2.75, 3.05) is 24.8 Å². The Hall–Kier alpha value is -6.15. The number of carbonyl (C=O) groups excluding carboxylic acids is 4. The summed E-state index contributed by atoms with van der Waals surface area (Å²) in [5, 5.41) is 53.4. The molecule has 1 aliphatic carbocycles. The second-order valence-electron chi connectivity index (χ2n) is 13.7. The van der Waals surface area contributed by atoms with Gasteiger partial charge >= 0.3 is 5.91 Å². The molecule has 4 heterocycles. The van der Waals surface area contributed by atoms with Gasteiger partial charge in [-0.3, -0.25) is 19.4 Å². The number of aldehydes is 1. The number of benzene rings is 3. The Morgan fingerprint density at radius 2 is 1.77 bits per heavy atom. The summed E-state index contributed by atoms with van der Waals surface area (Å²) in [5.74, 6) is -3.74. The molecule has 2 bridgehead atoms. The predicted octanol–water partition coefficient (Wildman–Crippen LogP) is -0.383. The Labute approximate surface area is 322 Å². The Morgan fingerprint density at radius 3 is 2.56 bits per heavy atom. The molecule has 7 N–H and O–H groups in total. The minimum atomic E-state index is -1.87.